The molecule has 0 aromatic heterocycles. The van der Waals surface area contributed by atoms with Crippen molar-refractivity contribution in [1.82, 2.24) is 0 Å². The van der Waals surface area contributed by atoms with E-state index in [1.165, 1.54) is 44.3 Å². The highest BCUT2D eigenvalue weighted by Crippen LogP contribution is 2.48. The lowest BCUT2D eigenvalue weighted by Crippen LogP contribution is -2.20. The minimum atomic E-state index is -1.57. The summed E-state index contributed by atoms with van der Waals surface area (Å²) in [6.07, 6.45) is 2.23. The zero-order valence-electron chi connectivity index (χ0n) is 40.0. The Labute approximate surface area is 367 Å². The van der Waals surface area contributed by atoms with Crippen LogP contribution >= 0.6 is 16.5 Å². The molecule has 1 unspecified atom stereocenters. The summed E-state index contributed by atoms with van der Waals surface area (Å²) in [7, 11) is -2.44. The van der Waals surface area contributed by atoms with E-state index in [1.54, 1.807) is 0 Å². The molecule has 0 amide bonds. The van der Waals surface area contributed by atoms with Gasteiger partial charge in [0.25, 0.3) is 0 Å². The van der Waals surface area contributed by atoms with Crippen molar-refractivity contribution in [3.63, 3.8) is 0 Å². The first kappa shape index (κ1) is 47.2. The summed E-state index contributed by atoms with van der Waals surface area (Å²) >= 11 is 0. The fourth-order valence-corrected chi connectivity index (χ4v) is 9.55. The topological polar surface area (TPSA) is 27.7 Å². The summed E-state index contributed by atoms with van der Waals surface area (Å²) in [6, 6.07) is 37.6. The molecule has 0 radical (unpaired) electrons. The van der Waals surface area contributed by atoms with E-state index >= 15 is 0 Å². The molecule has 0 bridgehead atoms. The van der Waals surface area contributed by atoms with Crippen LogP contribution in [0.15, 0.2) is 109 Å². The van der Waals surface area contributed by atoms with Crippen molar-refractivity contribution >= 4 is 33.2 Å². The van der Waals surface area contributed by atoms with Crippen molar-refractivity contribution in [1.29, 1.82) is 0 Å². The Bertz CT molecular complexity index is 2200. The van der Waals surface area contributed by atoms with E-state index in [9.17, 15) is 0 Å². The molecule has 60 heavy (non-hydrogen) atoms. The van der Waals surface area contributed by atoms with Gasteiger partial charge < -0.3 is 13.6 Å². The lowest BCUT2D eigenvalue weighted by Gasteiger charge is -2.30. The minimum absolute atomic E-state index is 0.0176. The summed E-state index contributed by atoms with van der Waals surface area (Å²) in [5.41, 5.74) is 10.7. The SMILES string of the molecule is CC(C)=Cc1ccc(OP(C)c2ccc(-c3ccc(P(Oc4ccc(C(C)(C)C)cc4C(C)(C)C)Oc4ccc(C(C)(C)C)cc4C(C)(C)C)cc3)cc2)c(C(C)(C)C)c1. The Balaban J connectivity index is 1.48. The predicted octanol–water partition coefficient (Wildman–Crippen LogP) is 16.1. The molecule has 5 heteroatoms. The van der Waals surface area contributed by atoms with E-state index < -0.39 is 16.5 Å². The third kappa shape index (κ3) is 11.9. The second-order valence-corrected chi connectivity index (χ2v) is 24.9. The summed E-state index contributed by atoms with van der Waals surface area (Å²) < 4.78 is 21.0. The van der Waals surface area contributed by atoms with E-state index in [0.29, 0.717) is 0 Å². The predicted molar refractivity (Wildman–Crippen MR) is 265 cm³/mol. The van der Waals surface area contributed by atoms with Crippen LogP contribution in [-0.2, 0) is 27.1 Å². The van der Waals surface area contributed by atoms with Gasteiger partial charge in [0.15, 0.2) is 0 Å². The van der Waals surface area contributed by atoms with Gasteiger partial charge in [0.05, 0.1) is 5.30 Å². The first-order valence-corrected chi connectivity index (χ1v) is 24.4. The summed E-state index contributed by atoms with van der Waals surface area (Å²) in [5, 5.41) is 2.21. The average molecular weight is 843 g/mol. The Morgan fingerprint density at radius 1 is 0.417 bits per heavy atom. The molecule has 0 saturated heterocycles. The van der Waals surface area contributed by atoms with Gasteiger partial charge in [0.1, 0.15) is 25.4 Å². The zero-order valence-corrected chi connectivity index (χ0v) is 41.8. The molecule has 1 atom stereocenters. The van der Waals surface area contributed by atoms with Crippen LogP contribution < -0.4 is 24.2 Å². The quantitative estimate of drug-likeness (QED) is 0.131. The van der Waals surface area contributed by atoms with Gasteiger partial charge in [-0.3, -0.25) is 0 Å². The van der Waals surface area contributed by atoms with Crippen molar-refractivity contribution in [2.45, 2.75) is 145 Å². The summed E-state index contributed by atoms with van der Waals surface area (Å²) in [6.45, 7) is 40.4. The van der Waals surface area contributed by atoms with Crippen LogP contribution in [0.3, 0.4) is 0 Å². The van der Waals surface area contributed by atoms with Gasteiger partial charge in [-0.25, -0.2) is 0 Å². The van der Waals surface area contributed by atoms with Crippen LogP contribution in [0.5, 0.6) is 17.2 Å². The molecule has 3 nitrogen and oxygen atoms in total. The Morgan fingerprint density at radius 3 is 1.17 bits per heavy atom. The highest BCUT2D eigenvalue weighted by atomic mass is 31.2. The minimum Gasteiger partial charge on any atom is -0.469 e. The lowest BCUT2D eigenvalue weighted by molar-refractivity contribution is 0.466. The van der Waals surface area contributed by atoms with Gasteiger partial charge in [0.2, 0.25) is 0 Å². The molecule has 0 heterocycles. The van der Waals surface area contributed by atoms with Crippen LogP contribution in [0.4, 0.5) is 0 Å². The molecule has 5 aromatic rings. The Morgan fingerprint density at radius 2 is 0.783 bits per heavy atom. The highest BCUT2D eigenvalue weighted by Gasteiger charge is 2.30. The smallest absolute Gasteiger partial charge is 0.326 e. The van der Waals surface area contributed by atoms with Crippen molar-refractivity contribution in [2.24, 2.45) is 0 Å². The number of benzene rings is 5. The maximum Gasteiger partial charge on any atom is 0.326 e. The number of hydrogen-bond donors (Lipinski definition) is 0. The van der Waals surface area contributed by atoms with Gasteiger partial charge in [-0.05, 0) is 112 Å². The molecule has 0 fully saturated rings. The Hall–Kier alpha value is -3.90. The van der Waals surface area contributed by atoms with E-state index in [2.05, 4.69) is 234 Å². The summed E-state index contributed by atoms with van der Waals surface area (Å²) in [5.74, 6) is 2.69. The molecule has 0 aliphatic heterocycles. The second-order valence-electron chi connectivity index (χ2n) is 21.8. The number of hydrogen-bond acceptors (Lipinski definition) is 3. The van der Waals surface area contributed by atoms with Gasteiger partial charge >= 0.3 is 8.38 Å². The highest BCUT2D eigenvalue weighted by molar-refractivity contribution is 7.60. The largest absolute Gasteiger partial charge is 0.469 e. The van der Waals surface area contributed by atoms with Crippen LogP contribution in [0.25, 0.3) is 17.2 Å². The molecule has 320 valence electrons. The van der Waals surface area contributed by atoms with Gasteiger partial charge in [-0.2, -0.15) is 0 Å². The monoisotopic (exact) mass is 842 g/mol. The standard InChI is InChI=1S/C55H72O3P2/c1-37(2)33-38-19-30-48(45(34-38)53(9,10)11)56-59(18)43-26-20-39(21-27-43)40-22-28-44(29-23-40)60(57-49-31-24-41(51(3,4)5)35-46(49)54(12,13)14)58-50-32-25-42(52(6,7)8)36-47(50)55(15,16)17/h19-36H,1-18H3. The molecule has 5 aromatic carbocycles. The van der Waals surface area contributed by atoms with Crippen molar-refractivity contribution in [3.8, 4) is 28.4 Å². The van der Waals surface area contributed by atoms with Crippen molar-refractivity contribution in [3.05, 3.63) is 142 Å². The lowest BCUT2D eigenvalue weighted by atomic mass is 9.80. The maximum absolute atomic E-state index is 7.11. The number of rotatable bonds is 10. The average Bonchev–Trinajstić information content (AvgIpc) is 3.13. The molecular weight excluding hydrogens is 771 g/mol. The van der Waals surface area contributed by atoms with E-state index in [4.69, 9.17) is 13.6 Å². The van der Waals surface area contributed by atoms with Crippen LogP contribution in [0.1, 0.15) is 151 Å². The van der Waals surface area contributed by atoms with E-state index in [-0.39, 0.29) is 27.1 Å². The van der Waals surface area contributed by atoms with E-state index in [1.807, 2.05) is 0 Å². The molecule has 5 rings (SSSR count). The van der Waals surface area contributed by atoms with Crippen molar-refractivity contribution < 1.29 is 13.6 Å². The third-order valence-corrected chi connectivity index (χ3v) is 13.8. The Kier molecular flexibility index (Phi) is 14.0. The number of allylic oxidation sites excluding steroid dienone is 1. The fourth-order valence-electron chi connectivity index (χ4n) is 7.10. The first-order chi connectivity index (χ1) is 27.6. The molecule has 0 N–H and O–H groups in total. The van der Waals surface area contributed by atoms with Crippen molar-refractivity contribution in [2.75, 3.05) is 6.66 Å². The second kappa shape index (κ2) is 17.8. The zero-order chi connectivity index (χ0) is 44.6. The van der Waals surface area contributed by atoms with Gasteiger partial charge in [-0.1, -0.05) is 182 Å². The third-order valence-electron chi connectivity index (χ3n) is 10.8. The van der Waals surface area contributed by atoms with Crippen LogP contribution in [-0.4, -0.2) is 6.66 Å². The molecule has 0 saturated carbocycles. The van der Waals surface area contributed by atoms with Gasteiger partial charge in [-0.15, -0.1) is 0 Å². The van der Waals surface area contributed by atoms with E-state index in [0.717, 1.165) is 33.7 Å². The van der Waals surface area contributed by atoms with Crippen LogP contribution in [0, 0.1) is 0 Å². The molecular formula is C55H72O3P2. The fraction of sp³-hybridized carbons (Fsp3) is 0.418. The molecule has 0 spiro atoms. The maximum atomic E-state index is 7.11. The normalized spacial score (nSPS) is 13.2. The molecule has 0 aliphatic carbocycles. The summed E-state index contributed by atoms with van der Waals surface area (Å²) in [4.78, 5) is 0. The van der Waals surface area contributed by atoms with Gasteiger partial charge in [0, 0.05) is 22.0 Å². The first-order valence-electron chi connectivity index (χ1n) is 21.5. The molecule has 0 aliphatic rings. The van der Waals surface area contributed by atoms with Crippen LogP contribution in [0.2, 0.25) is 0 Å².